The normalized spacial score (nSPS) is 14.0. The lowest BCUT2D eigenvalue weighted by Crippen LogP contribution is -2.35. The molecule has 0 unspecified atom stereocenters. The standard InChI is InChI=1S/C22H25N7O2/c30-21(14-17-8-10-20(11-9-17)29-16-23-26-27-29)24-18-6-5-7-19(15-18)25-22(31)28-12-3-1-2-4-13-28/h5-11,15-16H,1-4,12-14H2,(H,24,30)(H,25,31). The van der Waals surface area contributed by atoms with Gasteiger partial charge in [0.05, 0.1) is 12.1 Å². The molecule has 2 aromatic carbocycles. The smallest absolute Gasteiger partial charge is 0.321 e. The Balaban J connectivity index is 1.32. The molecule has 0 spiro atoms. The van der Waals surface area contributed by atoms with E-state index in [-0.39, 0.29) is 18.4 Å². The Labute approximate surface area is 180 Å². The number of carbonyl (C=O) groups excluding carboxylic acids is 2. The maximum Gasteiger partial charge on any atom is 0.321 e. The third-order valence-corrected chi connectivity index (χ3v) is 5.21. The van der Waals surface area contributed by atoms with E-state index in [4.69, 9.17) is 0 Å². The van der Waals surface area contributed by atoms with E-state index in [1.807, 2.05) is 41.3 Å². The Morgan fingerprint density at radius 2 is 1.61 bits per heavy atom. The molecule has 1 aliphatic rings. The van der Waals surface area contributed by atoms with E-state index in [1.54, 1.807) is 16.8 Å². The number of carbonyl (C=O) groups is 2. The molecule has 4 rings (SSSR count). The van der Waals surface area contributed by atoms with Gasteiger partial charge in [0.2, 0.25) is 5.91 Å². The quantitative estimate of drug-likeness (QED) is 0.660. The molecule has 31 heavy (non-hydrogen) atoms. The van der Waals surface area contributed by atoms with Crippen LogP contribution < -0.4 is 10.6 Å². The first kappa shape index (κ1) is 20.5. The second-order valence-corrected chi connectivity index (χ2v) is 7.56. The fourth-order valence-corrected chi connectivity index (χ4v) is 3.59. The number of urea groups is 1. The van der Waals surface area contributed by atoms with Crippen molar-refractivity contribution in [1.82, 2.24) is 25.1 Å². The lowest BCUT2D eigenvalue weighted by molar-refractivity contribution is -0.115. The summed E-state index contributed by atoms with van der Waals surface area (Å²) in [6.07, 6.45) is 6.18. The minimum Gasteiger partial charge on any atom is -0.326 e. The first-order valence-corrected chi connectivity index (χ1v) is 10.5. The Morgan fingerprint density at radius 1 is 0.903 bits per heavy atom. The fourth-order valence-electron chi connectivity index (χ4n) is 3.59. The number of likely N-dealkylation sites (tertiary alicyclic amines) is 1. The number of tetrazole rings is 1. The number of nitrogens with zero attached hydrogens (tertiary/aromatic N) is 5. The number of aromatic nitrogens is 4. The Bertz CT molecular complexity index is 1010. The fraction of sp³-hybridized carbons (Fsp3) is 0.318. The highest BCUT2D eigenvalue weighted by molar-refractivity contribution is 5.94. The number of hydrogen-bond donors (Lipinski definition) is 2. The number of rotatable bonds is 5. The largest absolute Gasteiger partial charge is 0.326 e. The predicted molar refractivity (Wildman–Crippen MR) is 117 cm³/mol. The highest BCUT2D eigenvalue weighted by atomic mass is 16.2. The van der Waals surface area contributed by atoms with Crippen LogP contribution in [0.1, 0.15) is 31.2 Å². The molecule has 0 radical (unpaired) electrons. The van der Waals surface area contributed by atoms with E-state index in [0.29, 0.717) is 11.4 Å². The monoisotopic (exact) mass is 419 g/mol. The molecule has 3 amide bonds. The van der Waals surface area contributed by atoms with Crippen molar-refractivity contribution in [2.75, 3.05) is 23.7 Å². The van der Waals surface area contributed by atoms with Gasteiger partial charge in [0.15, 0.2) is 0 Å². The SMILES string of the molecule is O=C(Cc1ccc(-n2cnnn2)cc1)Nc1cccc(NC(=O)N2CCCCCC2)c1. The average Bonchev–Trinajstić information content (AvgIpc) is 3.16. The molecule has 9 heteroatoms. The number of benzene rings is 2. The third kappa shape index (κ3) is 5.65. The molecular weight excluding hydrogens is 394 g/mol. The van der Waals surface area contributed by atoms with E-state index in [1.165, 1.54) is 19.2 Å². The molecule has 0 saturated carbocycles. The van der Waals surface area contributed by atoms with Crippen LogP contribution in [0.15, 0.2) is 54.9 Å². The highest BCUT2D eigenvalue weighted by Crippen LogP contribution is 2.18. The number of amides is 3. The summed E-state index contributed by atoms with van der Waals surface area (Å²) in [5, 5.41) is 16.9. The Morgan fingerprint density at radius 3 is 2.29 bits per heavy atom. The van der Waals surface area contributed by atoms with Gasteiger partial charge in [-0.3, -0.25) is 4.79 Å². The first-order valence-electron chi connectivity index (χ1n) is 10.5. The van der Waals surface area contributed by atoms with Gasteiger partial charge in [-0.1, -0.05) is 31.0 Å². The molecule has 0 aliphatic carbocycles. The number of anilines is 2. The van der Waals surface area contributed by atoms with Gasteiger partial charge in [0.1, 0.15) is 6.33 Å². The van der Waals surface area contributed by atoms with Gasteiger partial charge in [-0.25, -0.2) is 9.48 Å². The first-order chi connectivity index (χ1) is 15.2. The van der Waals surface area contributed by atoms with Crippen molar-refractivity contribution >= 4 is 23.3 Å². The lowest BCUT2D eigenvalue weighted by Gasteiger charge is -2.21. The summed E-state index contributed by atoms with van der Waals surface area (Å²) >= 11 is 0. The van der Waals surface area contributed by atoms with Gasteiger partial charge in [0, 0.05) is 24.5 Å². The topological polar surface area (TPSA) is 105 Å². The summed E-state index contributed by atoms with van der Waals surface area (Å²) in [6, 6.07) is 14.6. The maximum absolute atomic E-state index is 12.5. The summed E-state index contributed by atoms with van der Waals surface area (Å²) < 4.78 is 1.55. The molecule has 9 nitrogen and oxygen atoms in total. The molecule has 3 aromatic rings. The summed E-state index contributed by atoms with van der Waals surface area (Å²) in [6.45, 7) is 1.57. The van der Waals surface area contributed by atoms with Gasteiger partial charge >= 0.3 is 6.03 Å². The highest BCUT2D eigenvalue weighted by Gasteiger charge is 2.15. The third-order valence-electron chi connectivity index (χ3n) is 5.21. The number of nitrogens with one attached hydrogen (secondary N) is 2. The summed E-state index contributed by atoms with van der Waals surface area (Å²) in [5.41, 5.74) is 3.00. The van der Waals surface area contributed by atoms with Crippen LogP contribution in [0.2, 0.25) is 0 Å². The lowest BCUT2D eigenvalue weighted by atomic mass is 10.1. The van der Waals surface area contributed by atoms with Crippen LogP contribution in [-0.4, -0.2) is 50.1 Å². The van der Waals surface area contributed by atoms with Gasteiger partial charge in [-0.05, 0) is 59.2 Å². The minimum atomic E-state index is -0.133. The van der Waals surface area contributed by atoms with Crippen molar-refractivity contribution < 1.29 is 9.59 Å². The Hall–Kier alpha value is -3.75. The predicted octanol–water partition coefficient (Wildman–Crippen LogP) is 3.25. The zero-order valence-electron chi connectivity index (χ0n) is 17.2. The van der Waals surface area contributed by atoms with Crippen LogP contribution in [0.3, 0.4) is 0 Å². The van der Waals surface area contributed by atoms with Crippen molar-refractivity contribution in [3.8, 4) is 5.69 Å². The van der Waals surface area contributed by atoms with Crippen molar-refractivity contribution in [3.63, 3.8) is 0 Å². The molecule has 0 atom stereocenters. The van der Waals surface area contributed by atoms with Crippen molar-refractivity contribution in [3.05, 3.63) is 60.4 Å². The van der Waals surface area contributed by atoms with Crippen LogP contribution >= 0.6 is 0 Å². The molecule has 1 saturated heterocycles. The van der Waals surface area contributed by atoms with Crippen molar-refractivity contribution in [2.24, 2.45) is 0 Å². The summed E-state index contributed by atoms with van der Waals surface area (Å²) in [5.74, 6) is -0.133. The zero-order chi connectivity index (χ0) is 21.5. The van der Waals surface area contributed by atoms with Gasteiger partial charge in [0.25, 0.3) is 0 Å². The van der Waals surface area contributed by atoms with Gasteiger partial charge in [-0.2, -0.15) is 0 Å². The van der Waals surface area contributed by atoms with E-state index < -0.39 is 0 Å². The molecule has 2 N–H and O–H groups in total. The zero-order valence-corrected chi connectivity index (χ0v) is 17.2. The van der Waals surface area contributed by atoms with Gasteiger partial charge in [-0.15, -0.1) is 5.10 Å². The molecule has 160 valence electrons. The van der Waals surface area contributed by atoms with Crippen LogP contribution in [0.4, 0.5) is 16.2 Å². The average molecular weight is 419 g/mol. The van der Waals surface area contributed by atoms with E-state index >= 15 is 0 Å². The Kier molecular flexibility index (Phi) is 6.51. The van der Waals surface area contributed by atoms with Crippen LogP contribution in [0, 0.1) is 0 Å². The summed E-state index contributed by atoms with van der Waals surface area (Å²) in [7, 11) is 0. The molecule has 1 aliphatic heterocycles. The van der Waals surface area contributed by atoms with E-state index in [9.17, 15) is 9.59 Å². The second kappa shape index (κ2) is 9.84. The van der Waals surface area contributed by atoms with Crippen LogP contribution in [0.5, 0.6) is 0 Å². The minimum absolute atomic E-state index is 0.0898. The second-order valence-electron chi connectivity index (χ2n) is 7.56. The van der Waals surface area contributed by atoms with Gasteiger partial charge < -0.3 is 15.5 Å². The van der Waals surface area contributed by atoms with Crippen molar-refractivity contribution in [1.29, 1.82) is 0 Å². The van der Waals surface area contributed by atoms with Crippen LogP contribution in [0.25, 0.3) is 5.69 Å². The molecule has 1 aromatic heterocycles. The maximum atomic E-state index is 12.5. The molecule has 0 bridgehead atoms. The summed E-state index contributed by atoms with van der Waals surface area (Å²) in [4.78, 5) is 26.8. The molecular formula is C22H25N7O2. The van der Waals surface area contributed by atoms with Crippen molar-refractivity contribution in [2.45, 2.75) is 32.1 Å². The number of hydrogen-bond acceptors (Lipinski definition) is 5. The van der Waals surface area contributed by atoms with E-state index in [0.717, 1.165) is 37.2 Å². The van der Waals surface area contributed by atoms with E-state index in [2.05, 4.69) is 26.2 Å². The van der Waals surface area contributed by atoms with Crippen LogP contribution in [-0.2, 0) is 11.2 Å². The molecule has 1 fully saturated rings. The molecule has 2 heterocycles.